The molecule has 136 valence electrons. The fourth-order valence-electron chi connectivity index (χ4n) is 3.72. The van der Waals surface area contributed by atoms with Gasteiger partial charge in [0.15, 0.2) is 10.9 Å². The molecular weight excluding hydrogens is 364 g/mol. The minimum atomic E-state index is -0.816. The van der Waals surface area contributed by atoms with E-state index < -0.39 is 5.54 Å². The van der Waals surface area contributed by atoms with E-state index in [9.17, 15) is 4.79 Å². The first kappa shape index (κ1) is 18.9. The first-order chi connectivity index (χ1) is 12.5. The second-order valence-corrected chi connectivity index (χ2v) is 7.57. The molecule has 1 aliphatic rings. The molecule has 0 saturated heterocycles. The molecule has 1 saturated carbocycles. The molecule has 1 aliphatic carbocycles. The van der Waals surface area contributed by atoms with Crippen LogP contribution in [0, 0.1) is 6.92 Å². The lowest BCUT2D eigenvalue weighted by atomic mass is 9.74. The highest BCUT2D eigenvalue weighted by Crippen LogP contribution is 2.42. The lowest BCUT2D eigenvalue weighted by Gasteiger charge is -2.45. The van der Waals surface area contributed by atoms with Crippen molar-refractivity contribution in [1.29, 1.82) is 0 Å². The Morgan fingerprint density at radius 2 is 1.85 bits per heavy atom. The van der Waals surface area contributed by atoms with Crippen LogP contribution < -0.4 is 5.32 Å². The number of para-hydroxylation sites is 1. The summed E-state index contributed by atoms with van der Waals surface area (Å²) in [6, 6.07) is 15.6. The summed E-state index contributed by atoms with van der Waals surface area (Å²) in [4.78, 5) is 15.0. The van der Waals surface area contributed by atoms with E-state index in [0.717, 1.165) is 29.7 Å². The number of rotatable bonds is 3. The maximum atomic E-state index is 13.1. The molecular formula is C21H23ClN2OS. The van der Waals surface area contributed by atoms with Crippen LogP contribution in [0.2, 0.25) is 5.02 Å². The third-order valence-electron chi connectivity index (χ3n) is 5.24. The number of anilines is 1. The number of likely N-dealkylation sites (N-methyl/N-ethyl adjacent to an activating group) is 1. The third-order valence-corrected chi connectivity index (χ3v) is 5.94. The number of hydrogen-bond acceptors (Lipinski definition) is 2. The van der Waals surface area contributed by atoms with Crippen molar-refractivity contribution in [2.75, 3.05) is 12.4 Å². The van der Waals surface area contributed by atoms with Crippen LogP contribution in [0.1, 0.15) is 36.8 Å². The van der Waals surface area contributed by atoms with Crippen LogP contribution >= 0.6 is 23.8 Å². The van der Waals surface area contributed by atoms with Crippen molar-refractivity contribution in [3.63, 3.8) is 0 Å². The number of nitrogens with one attached hydrogen (secondary N) is 1. The van der Waals surface area contributed by atoms with Crippen molar-refractivity contribution in [2.45, 2.75) is 38.1 Å². The Morgan fingerprint density at radius 3 is 2.54 bits per heavy atom. The van der Waals surface area contributed by atoms with Crippen LogP contribution in [-0.4, -0.2) is 22.8 Å². The van der Waals surface area contributed by atoms with E-state index in [4.69, 9.17) is 23.8 Å². The number of ketones is 1. The van der Waals surface area contributed by atoms with Gasteiger partial charge in [0.1, 0.15) is 5.54 Å². The van der Waals surface area contributed by atoms with Crippen molar-refractivity contribution >= 4 is 40.4 Å². The summed E-state index contributed by atoms with van der Waals surface area (Å²) in [6.07, 6.45) is 3.13. The highest BCUT2D eigenvalue weighted by molar-refractivity contribution is 7.80. The van der Waals surface area contributed by atoms with Gasteiger partial charge >= 0.3 is 0 Å². The van der Waals surface area contributed by atoms with E-state index >= 15 is 0 Å². The Balaban J connectivity index is 1.99. The van der Waals surface area contributed by atoms with Gasteiger partial charge in [-0.25, -0.2) is 0 Å². The fourth-order valence-corrected chi connectivity index (χ4v) is 4.27. The number of aryl methyl sites for hydroxylation is 1. The maximum Gasteiger partial charge on any atom is 0.174 e. The molecule has 3 rings (SSSR count). The van der Waals surface area contributed by atoms with Crippen molar-refractivity contribution in [3.05, 3.63) is 64.7 Å². The number of carbonyl (C=O) groups excluding carboxylic acids is 1. The summed E-state index contributed by atoms with van der Waals surface area (Å²) in [5.41, 5.74) is 2.07. The first-order valence-corrected chi connectivity index (χ1v) is 9.64. The SMILES string of the molecule is Cc1ccccc1NC(=S)N(C)[C@@]1(c2ccccc2Cl)CCCCC1=O. The second-order valence-electron chi connectivity index (χ2n) is 6.77. The normalized spacial score (nSPS) is 19.9. The first-order valence-electron chi connectivity index (χ1n) is 8.85. The fraction of sp³-hybridized carbons (Fsp3) is 0.333. The molecule has 0 bridgehead atoms. The van der Waals surface area contributed by atoms with Gasteiger partial charge in [0.05, 0.1) is 0 Å². The van der Waals surface area contributed by atoms with Crippen LogP contribution in [-0.2, 0) is 10.3 Å². The zero-order chi connectivity index (χ0) is 18.7. The Kier molecular flexibility index (Phi) is 5.64. The molecule has 1 N–H and O–H groups in total. The van der Waals surface area contributed by atoms with Crippen LogP contribution in [0.5, 0.6) is 0 Å². The van der Waals surface area contributed by atoms with Gasteiger partial charge in [0.2, 0.25) is 0 Å². The van der Waals surface area contributed by atoms with Gasteiger partial charge in [0.25, 0.3) is 0 Å². The molecule has 0 radical (unpaired) electrons. The number of Topliss-reactive ketones (excluding diaryl/α,β-unsaturated/α-hetero) is 1. The molecule has 0 heterocycles. The zero-order valence-corrected chi connectivity index (χ0v) is 16.7. The number of benzene rings is 2. The molecule has 2 aromatic carbocycles. The average molecular weight is 387 g/mol. The number of carbonyl (C=O) groups is 1. The van der Waals surface area contributed by atoms with Crippen molar-refractivity contribution in [1.82, 2.24) is 4.90 Å². The van der Waals surface area contributed by atoms with E-state index in [-0.39, 0.29) is 5.78 Å². The van der Waals surface area contributed by atoms with Crippen LogP contribution in [0.4, 0.5) is 5.69 Å². The van der Waals surface area contributed by atoms with E-state index in [0.29, 0.717) is 23.0 Å². The quantitative estimate of drug-likeness (QED) is 0.724. The molecule has 5 heteroatoms. The molecule has 26 heavy (non-hydrogen) atoms. The number of nitrogens with zero attached hydrogens (tertiary/aromatic N) is 1. The molecule has 1 atom stereocenters. The average Bonchev–Trinajstić information content (AvgIpc) is 2.64. The van der Waals surface area contributed by atoms with Crippen molar-refractivity contribution in [3.8, 4) is 0 Å². The Bertz CT molecular complexity index is 838. The van der Waals surface area contributed by atoms with Gasteiger partial charge in [-0.05, 0) is 56.1 Å². The molecule has 3 nitrogen and oxygen atoms in total. The van der Waals surface area contributed by atoms with Gasteiger partial charge in [0, 0.05) is 29.7 Å². The minimum Gasteiger partial charge on any atom is -0.335 e. The molecule has 1 fully saturated rings. The van der Waals surface area contributed by atoms with Gasteiger partial charge in [-0.15, -0.1) is 0 Å². The van der Waals surface area contributed by atoms with Crippen LogP contribution in [0.15, 0.2) is 48.5 Å². The predicted octanol–water partition coefficient (Wildman–Crippen LogP) is 5.32. The van der Waals surface area contributed by atoms with Crippen molar-refractivity contribution < 1.29 is 4.79 Å². The summed E-state index contributed by atoms with van der Waals surface area (Å²) in [5, 5.41) is 4.43. The molecule has 2 aromatic rings. The second kappa shape index (κ2) is 7.77. The summed E-state index contributed by atoms with van der Waals surface area (Å²) >= 11 is 12.2. The highest BCUT2D eigenvalue weighted by atomic mass is 35.5. The van der Waals surface area contributed by atoms with Crippen LogP contribution in [0.3, 0.4) is 0 Å². The minimum absolute atomic E-state index is 0.174. The Hall–Kier alpha value is -1.91. The highest BCUT2D eigenvalue weighted by Gasteiger charge is 2.47. The van der Waals surface area contributed by atoms with Gasteiger partial charge in [-0.2, -0.15) is 0 Å². The Labute approximate surface area is 165 Å². The smallest absolute Gasteiger partial charge is 0.174 e. The largest absolute Gasteiger partial charge is 0.335 e. The van der Waals surface area contributed by atoms with Gasteiger partial charge in [-0.1, -0.05) is 48.0 Å². The Morgan fingerprint density at radius 1 is 1.15 bits per heavy atom. The summed E-state index contributed by atoms with van der Waals surface area (Å²) < 4.78 is 0. The maximum absolute atomic E-state index is 13.1. The summed E-state index contributed by atoms with van der Waals surface area (Å²) in [6.45, 7) is 2.03. The standard InChI is InChI=1S/C21H23ClN2OS/c1-15-9-3-6-12-18(15)23-20(26)24(2)21(14-8-7-13-19(21)25)16-10-4-5-11-17(16)22/h3-6,9-12H,7-8,13-14H2,1-2H3,(H,23,26)/t21-/m1/s1. The molecule has 0 aromatic heterocycles. The lowest BCUT2D eigenvalue weighted by Crippen LogP contribution is -2.55. The van der Waals surface area contributed by atoms with E-state index in [1.165, 1.54) is 0 Å². The predicted molar refractivity (Wildman–Crippen MR) is 112 cm³/mol. The zero-order valence-electron chi connectivity index (χ0n) is 15.1. The molecule has 0 unspecified atom stereocenters. The number of hydrogen-bond donors (Lipinski definition) is 1. The number of thiocarbonyl (C=S) groups is 1. The molecule has 0 amide bonds. The van der Waals surface area contributed by atoms with Gasteiger partial charge < -0.3 is 10.2 Å². The van der Waals surface area contributed by atoms with Crippen molar-refractivity contribution in [2.24, 2.45) is 0 Å². The lowest BCUT2D eigenvalue weighted by molar-refractivity contribution is -0.131. The molecule has 0 spiro atoms. The topological polar surface area (TPSA) is 32.3 Å². The number of halogens is 1. The van der Waals surface area contributed by atoms with E-state index in [2.05, 4.69) is 5.32 Å². The van der Waals surface area contributed by atoms with Gasteiger partial charge in [-0.3, -0.25) is 4.79 Å². The molecule has 0 aliphatic heterocycles. The summed E-state index contributed by atoms with van der Waals surface area (Å²) in [5.74, 6) is 0.174. The van der Waals surface area contributed by atoms with E-state index in [1.807, 2.05) is 67.4 Å². The van der Waals surface area contributed by atoms with E-state index in [1.54, 1.807) is 0 Å². The third kappa shape index (κ3) is 3.36. The summed E-state index contributed by atoms with van der Waals surface area (Å²) in [7, 11) is 1.89. The van der Waals surface area contributed by atoms with Crippen LogP contribution in [0.25, 0.3) is 0 Å². The monoisotopic (exact) mass is 386 g/mol.